The van der Waals surface area contributed by atoms with Gasteiger partial charge in [-0.25, -0.2) is 4.39 Å². The average molecular weight is 165 g/mol. The topological polar surface area (TPSA) is 44.0 Å². The third kappa shape index (κ3) is 1.60. The van der Waals surface area contributed by atoms with Gasteiger partial charge in [0.2, 0.25) is 0 Å². The van der Waals surface area contributed by atoms with E-state index in [0.717, 1.165) is 6.07 Å². The quantitative estimate of drug-likeness (QED) is 0.688. The van der Waals surface area contributed by atoms with E-state index in [9.17, 15) is 4.39 Å². The maximum absolute atomic E-state index is 13.0. The van der Waals surface area contributed by atoms with E-state index in [0.29, 0.717) is 0 Å². The Morgan fingerprint density at radius 3 is 2.67 bits per heavy atom. The van der Waals surface area contributed by atoms with Gasteiger partial charge in [-0.1, -0.05) is 6.07 Å². The Labute approximate surface area is 69.9 Å². The van der Waals surface area contributed by atoms with Crippen LogP contribution >= 0.6 is 0 Å². The SMILES string of the molecule is CC(O)c1ccc(C#N)cc1F. The zero-order valence-electron chi connectivity index (χ0n) is 6.58. The predicted molar refractivity (Wildman–Crippen MR) is 41.7 cm³/mol. The molecule has 1 aromatic rings. The van der Waals surface area contributed by atoms with E-state index in [1.807, 2.05) is 6.07 Å². The molecule has 0 spiro atoms. The van der Waals surface area contributed by atoms with E-state index in [1.54, 1.807) is 0 Å². The third-order valence-electron chi connectivity index (χ3n) is 1.58. The van der Waals surface area contributed by atoms with E-state index in [2.05, 4.69) is 0 Å². The molecule has 1 atom stereocenters. The van der Waals surface area contributed by atoms with Crippen LogP contribution in [0.2, 0.25) is 0 Å². The number of aliphatic hydroxyl groups excluding tert-OH is 1. The molecule has 1 rings (SSSR count). The highest BCUT2D eigenvalue weighted by Gasteiger charge is 2.07. The van der Waals surface area contributed by atoms with E-state index < -0.39 is 11.9 Å². The summed E-state index contributed by atoms with van der Waals surface area (Å²) in [6.45, 7) is 1.48. The number of nitrogens with zero attached hydrogens (tertiary/aromatic N) is 1. The molecule has 12 heavy (non-hydrogen) atoms. The Kier molecular flexibility index (Phi) is 2.41. The van der Waals surface area contributed by atoms with Gasteiger partial charge >= 0.3 is 0 Å². The lowest BCUT2D eigenvalue weighted by atomic mass is 10.1. The first-order valence-corrected chi connectivity index (χ1v) is 3.52. The van der Waals surface area contributed by atoms with E-state index in [4.69, 9.17) is 10.4 Å². The predicted octanol–water partition coefficient (Wildman–Crippen LogP) is 1.75. The number of rotatable bonds is 1. The van der Waals surface area contributed by atoms with Crippen molar-refractivity contribution in [2.45, 2.75) is 13.0 Å². The van der Waals surface area contributed by atoms with Crippen LogP contribution in [0.5, 0.6) is 0 Å². The lowest BCUT2D eigenvalue weighted by molar-refractivity contribution is 0.194. The standard InChI is InChI=1S/C9H8FNO/c1-6(12)8-3-2-7(5-11)4-9(8)10/h2-4,6,12H,1H3. The van der Waals surface area contributed by atoms with Crippen LogP contribution in [0, 0.1) is 17.1 Å². The molecule has 0 aliphatic rings. The summed E-state index contributed by atoms with van der Waals surface area (Å²) in [6, 6.07) is 5.82. The molecular formula is C9H8FNO. The first-order chi connectivity index (χ1) is 5.65. The minimum Gasteiger partial charge on any atom is -0.389 e. The maximum atomic E-state index is 13.0. The van der Waals surface area contributed by atoms with Gasteiger partial charge in [-0.3, -0.25) is 0 Å². The van der Waals surface area contributed by atoms with Crippen LogP contribution in [-0.2, 0) is 0 Å². The molecule has 0 fully saturated rings. The van der Waals surface area contributed by atoms with Crippen LogP contribution in [0.1, 0.15) is 24.2 Å². The Balaban J connectivity index is 3.14. The number of halogens is 1. The number of benzene rings is 1. The minimum atomic E-state index is -0.835. The lowest BCUT2D eigenvalue weighted by Crippen LogP contribution is -1.95. The first-order valence-electron chi connectivity index (χ1n) is 3.52. The van der Waals surface area contributed by atoms with Gasteiger partial charge in [0.1, 0.15) is 5.82 Å². The van der Waals surface area contributed by atoms with Gasteiger partial charge in [0.25, 0.3) is 0 Å². The lowest BCUT2D eigenvalue weighted by Gasteiger charge is -2.04. The fourth-order valence-corrected chi connectivity index (χ4v) is 0.935. The van der Waals surface area contributed by atoms with Gasteiger partial charge in [0.15, 0.2) is 0 Å². The molecule has 0 aliphatic heterocycles. The Morgan fingerprint density at radius 1 is 1.58 bits per heavy atom. The van der Waals surface area contributed by atoms with Crippen molar-refractivity contribution in [1.29, 1.82) is 5.26 Å². The fraction of sp³-hybridized carbons (Fsp3) is 0.222. The molecular weight excluding hydrogens is 157 g/mol. The maximum Gasteiger partial charge on any atom is 0.130 e. The van der Waals surface area contributed by atoms with Crippen molar-refractivity contribution in [3.63, 3.8) is 0 Å². The zero-order valence-corrected chi connectivity index (χ0v) is 6.58. The molecule has 0 radical (unpaired) electrons. The van der Waals surface area contributed by atoms with Crippen molar-refractivity contribution in [2.24, 2.45) is 0 Å². The highest BCUT2D eigenvalue weighted by Crippen LogP contribution is 2.16. The molecule has 1 aromatic carbocycles. The Bertz CT molecular complexity index is 328. The number of hydrogen-bond donors (Lipinski definition) is 1. The molecule has 0 saturated heterocycles. The van der Waals surface area contributed by atoms with Gasteiger partial charge in [0, 0.05) is 5.56 Å². The first kappa shape index (κ1) is 8.69. The highest BCUT2D eigenvalue weighted by molar-refractivity contribution is 5.33. The molecule has 62 valence electrons. The summed E-state index contributed by atoms with van der Waals surface area (Å²) >= 11 is 0. The zero-order chi connectivity index (χ0) is 9.14. The molecule has 0 aliphatic carbocycles. The van der Waals surface area contributed by atoms with Crippen LogP contribution in [0.4, 0.5) is 4.39 Å². The van der Waals surface area contributed by atoms with Gasteiger partial charge in [-0.2, -0.15) is 5.26 Å². The van der Waals surface area contributed by atoms with Crippen molar-refractivity contribution >= 4 is 0 Å². The Hall–Kier alpha value is -1.40. The van der Waals surface area contributed by atoms with Gasteiger partial charge in [-0.15, -0.1) is 0 Å². The van der Waals surface area contributed by atoms with Crippen LogP contribution < -0.4 is 0 Å². The summed E-state index contributed by atoms with van der Waals surface area (Å²) in [6.07, 6.45) is -0.835. The molecule has 0 saturated carbocycles. The van der Waals surface area contributed by atoms with Gasteiger partial charge in [0.05, 0.1) is 17.7 Å². The number of hydrogen-bond acceptors (Lipinski definition) is 2. The van der Waals surface area contributed by atoms with E-state index in [1.165, 1.54) is 19.1 Å². The van der Waals surface area contributed by atoms with Crippen molar-refractivity contribution in [3.8, 4) is 6.07 Å². The number of nitriles is 1. The summed E-state index contributed by atoms with van der Waals surface area (Å²) in [7, 11) is 0. The van der Waals surface area contributed by atoms with Crippen LogP contribution in [0.3, 0.4) is 0 Å². The molecule has 0 amide bonds. The summed E-state index contributed by atoms with van der Waals surface area (Å²) in [5.41, 5.74) is 0.478. The molecule has 1 unspecified atom stereocenters. The molecule has 0 bridgehead atoms. The molecule has 0 aromatic heterocycles. The smallest absolute Gasteiger partial charge is 0.130 e. The fourth-order valence-electron chi connectivity index (χ4n) is 0.935. The van der Waals surface area contributed by atoms with Crippen LogP contribution in [-0.4, -0.2) is 5.11 Å². The van der Waals surface area contributed by atoms with Crippen molar-refractivity contribution in [1.82, 2.24) is 0 Å². The Morgan fingerprint density at radius 2 is 2.25 bits per heavy atom. The summed E-state index contributed by atoms with van der Waals surface area (Å²) in [4.78, 5) is 0. The normalized spacial score (nSPS) is 12.2. The average Bonchev–Trinajstić information content (AvgIpc) is 2.03. The second-order valence-electron chi connectivity index (χ2n) is 2.52. The van der Waals surface area contributed by atoms with Crippen molar-refractivity contribution in [3.05, 3.63) is 35.1 Å². The second-order valence-corrected chi connectivity index (χ2v) is 2.52. The molecule has 3 heteroatoms. The van der Waals surface area contributed by atoms with Crippen molar-refractivity contribution < 1.29 is 9.50 Å². The minimum absolute atomic E-state index is 0.217. The van der Waals surface area contributed by atoms with E-state index >= 15 is 0 Å². The van der Waals surface area contributed by atoms with E-state index in [-0.39, 0.29) is 11.1 Å². The largest absolute Gasteiger partial charge is 0.389 e. The summed E-state index contributed by atoms with van der Waals surface area (Å²) in [5.74, 6) is -0.538. The monoisotopic (exact) mass is 165 g/mol. The summed E-state index contributed by atoms with van der Waals surface area (Å²) < 4.78 is 13.0. The third-order valence-corrected chi connectivity index (χ3v) is 1.58. The van der Waals surface area contributed by atoms with Gasteiger partial charge in [-0.05, 0) is 19.1 Å². The van der Waals surface area contributed by atoms with Gasteiger partial charge < -0.3 is 5.11 Å². The van der Waals surface area contributed by atoms with Crippen molar-refractivity contribution in [2.75, 3.05) is 0 Å². The molecule has 2 nitrogen and oxygen atoms in total. The number of aliphatic hydroxyl groups is 1. The second kappa shape index (κ2) is 3.33. The van der Waals surface area contributed by atoms with Crippen LogP contribution in [0.15, 0.2) is 18.2 Å². The summed E-state index contributed by atoms with van der Waals surface area (Å²) in [5, 5.41) is 17.5. The highest BCUT2D eigenvalue weighted by atomic mass is 19.1. The molecule has 0 heterocycles. The van der Waals surface area contributed by atoms with Crippen LogP contribution in [0.25, 0.3) is 0 Å². The molecule has 1 N–H and O–H groups in total.